The molecule has 0 spiro atoms. The van der Waals surface area contributed by atoms with Gasteiger partial charge in [0.05, 0.1) is 43.0 Å². The zero-order valence-corrected chi connectivity index (χ0v) is 33.3. The van der Waals surface area contributed by atoms with Gasteiger partial charge in [-0.1, -0.05) is 26.8 Å². The molecule has 2 fully saturated rings. The lowest BCUT2D eigenvalue weighted by atomic mass is 9.84. The Morgan fingerprint density at radius 2 is 2.05 bits per heavy atom. The number of carbonyl (C=O) groups excluding carboxylic acids is 3. The van der Waals surface area contributed by atoms with Crippen LogP contribution in [0.25, 0.3) is 33.4 Å². The van der Waals surface area contributed by atoms with Crippen LogP contribution in [0.4, 0.5) is 0 Å². The number of fused-ring (bicyclic) bond motifs is 6. The number of ether oxygens (including phenoxy) is 3. The van der Waals surface area contributed by atoms with E-state index in [1.807, 2.05) is 31.4 Å². The molecule has 3 aromatic heterocycles. The number of cyclic esters (lactones) is 1. The minimum absolute atomic E-state index is 0.0716. The third-order valence-electron chi connectivity index (χ3n) is 11.1. The van der Waals surface area contributed by atoms with E-state index in [9.17, 15) is 19.5 Å². The van der Waals surface area contributed by atoms with Crippen LogP contribution >= 0.6 is 11.3 Å². The number of methoxy groups -OCH3 is 1. The van der Waals surface area contributed by atoms with Crippen molar-refractivity contribution in [2.45, 2.75) is 91.1 Å². The van der Waals surface area contributed by atoms with Crippen LogP contribution in [0.15, 0.2) is 41.9 Å². The quantitative estimate of drug-likeness (QED) is 0.189. The van der Waals surface area contributed by atoms with Crippen molar-refractivity contribution in [1.29, 1.82) is 0 Å². The van der Waals surface area contributed by atoms with E-state index in [4.69, 9.17) is 24.2 Å². The number of nitrogens with zero attached hydrogens (tertiary/aromatic N) is 4. The lowest BCUT2D eigenvalue weighted by Gasteiger charge is -2.37. The van der Waals surface area contributed by atoms with E-state index in [0.29, 0.717) is 43.1 Å². The first-order valence-corrected chi connectivity index (χ1v) is 20.2. The molecule has 6 atom stereocenters. The highest BCUT2D eigenvalue weighted by Crippen LogP contribution is 2.43. The molecule has 14 heteroatoms. The molecule has 6 bridgehead atoms. The number of pyridine rings is 1. The third-order valence-corrected chi connectivity index (χ3v) is 12.0. The molecule has 2 aliphatic heterocycles. The summed E-state index contributed by atoms with van der Waals surface area (Å²) < 4.78 is 20.3. The fourth-order valence-corrected chi connectivity index (χ4v) is 8.80. The van der Waals surface area contributed by atoms with Crippen molar-refractivity contribution < 1.29 is 33.7 Å². The number of aliphatic hydroxyl groups excluding tert-OH is 1. The predicted molar refractivity (Wildman–Crippen MR) is 209 cm³/mol. The Balaban J connectivity index is 1.40. The van der Waals surface area contributed by atoms with E-state index in [1.54, 1.807) is 13.3 Å². The number of amides is 2. The monoisotopic (exact) mass is 772 g/mol. The zero-order chi connectivity index (χ0) is 39.0. The van der Waals surface area contributed by atoms with Crippen molar-refractivity contribution in [3.63, 3.8) is 0 Å². The highest BCUT2D eigenvalue weighted by molar-refractivity contribution is 7.10. The second-order valence-corrected chi connectivity index (χ2v) is 16.7. The summed E-state index contributed by atoms with van der Waals surface area (Å²) in [6, 6.07) is 8.44. The molecule has 4 aromatic rings. The van der Waals surface area contributed by atoms with Crippen molar-refractivity contribution in [2.75, 3.05) is 33.5 Å². The largest absolute Gasteiger partial charge is 0.464 e. The number of benzene rings is 1. The summed E-state index contributed by atoms with van der Waals surface area (Å²) in [4.78, 5) is 51.5. The summed E-state index contributed by atoms with van der Waals surface area (Å²) in [7, 11) is 1.68. The molecule has 294 valence electrons. The molecule has 2 amide bonds. The number of thiazole rings is 1. The van der Waals surface area contributed by atoms with Crippen LogP contribution in [0, 0.1) is 17.3 Å². The first kappa shape index (κ1) is 39.0. The van der Waals surface area contributed by atoms with Gasteiger partial charge in [0, 0.05) is 65.1 Å². The first-order chi connectivity index (χ1) is 26.4. The van der Waals surface area contributed by atoms with Crippen molar-refractivity contribution in [2.24, 2.45) is 17.3 Å². The highest BCUT2D eigenvalue weighted by atomic mass is 32.1. The summed E-state index contributed by atoms with van der Waals surface area (Å²) in [6.07, 6.45) is 2.91. The van der Waals surface area contributed by atoms with Gasteiger partial charge in [-0.3, -0.25) is 24.4 Å². The molecule has 0 radical (unpaired) electrons. The lowest BCUT2D eigenvalue weighted by molar-refractivity contribution is -0.157. The molecule has 0 unspecified atom stereocenters. The van der Waals surface area contributed by atoms with Crippen LogP contribution in [-0.4, -0.2) is 88.0 Å². The van der Waals surface area contributed by atoms with Gasteiger partial charge in [0.15, 0.2) is 0 Å². The molecule has 3 aliphatic rings. The maximum absolute atomic E-state index is 14.4. The summed E-state index contributed by atoms with van der Waals surface area (Å²) in [5.41, 5.74) is 9.20. The minimum atomic E-state index is -1.16. The van der Waals surface area contributed by atoms with E-state index >= 15 is 0 Å². The summed E-state index contributed by atoms with van der Waals surface area (Å²) >= 11 is 1.34. The third kappa shape index (κ3) is 7.92. The van der Waals surface area contributed by atoms with Crippen molar-refractivity contribution >= 4 is 40.0 Å². The van der Waals surface area contributed by atoms with E-state index in [0.717, 1.165) is 45.4 Å². The fourth-order valence-electron chi connectivity index (χ4n) is 7.89. The average Bonchev–Trinajstić information content (AvgIpc) is 3.60. The highest BCUT2D eigenvalue weighted by Gasteiger charge is 2.45. The fraction of sp³-hybridized carbons (Fsp3) is 0.537. The Hall–Kier alpha value is -4.21. The predicted octanol–water partition coefficient (Wildman–Crippen LogP) is 5.37. The van der Waals surface area contributed by atoms with Gasteiger partial charge in [0.2, 0.25) is 5.91 Å². The first-order valence-electron chi connectivity index (χ1n) is 19.3. The van der Waals surface area contributed by atoms with Gasteiger partial charge in [-0.05, 0) is 75.3 Å². The maximum Gasteiger partial charge on any atom is 0.324 e. The molecular weight excluding hydrogens is 721 g/mol. The van der Waals surface area contributed by atoms with Gasteiger partial charge in [-0.25, -0.2) is 10.4 Å². The van der Waals surface area contributed by atoms with E-state index in [2.05, 4.69) is 54.3 Å². The number of hydrogen-bond donors (Lipinski definition) is 3. The summed E-state index contributed by atoms with van der Waals surface area (Å²) in [5.74, 6) is -1.11. The van der Waals surface area contributed by atoms with Crippen LogP contribution in [0.3, 0.4) is 0 Å². The molecular formula is C41H52N6O7S. The van der Waals surface area contributed by atoms with Crippen molar-refractivity contribution in [1.82, 2.24) is 30.3 Å². The Labute approximate surface area is 325 Å². The number of aryl methyl sites for hydroxylation is 1. The number of nitrogens with one attached hydrogen (secondary N) is 2. The minimum Gasteiger partial charge on any atom is -0.464 e. The van der Waals surface area contributed by atoms with Gasteiger partial charge < -0.3 is 29.2 Å². The van der Waals surface area contributed by atoms with Crippen LogP contribution in [0.2, 0.25) is 0 Å². The normalized spacial score (nSPS) is 24.6. The van der Waals surface area contributed by atoms with E-state index < -0.39 is 35.5 Å². The van der Waals surface area contributed by atoms with Crippen LogP contribution < -0.4 is 10.7 Å². The van der Waals surface area contributed by atoms with Crippen LogP contribution in [0.1, 0.15) is 82.4 Å². The standard InChI is InChI=1S/C41H52N6O7S/c1-7-46-32-13-12-25-19-28(32)29(35(46)26-10-8-14-42-33(26)24(3)52-6)20-41(4,5)22-54-40(51)30-11-9-15-47(45-30)39(50)34(44-37(49)27-18-23(27)2)36(53-17-16-48)38-43-31(25)21-55-38/h8,10,12-14,19,21,23-24,27,30,34,36,45,48H,7,9,11,15-18,20,22H2,1-6H3,(H,44,49)/t23-,24-,27-,30-,34-,36-/m0/s1. The Morgan fingerprint density at radius 1 is 1.25 bits per heavy atom. The molecule has 1 saturated heterocycles. The number of aromatic nitrogens is 3. The molecule has 13 nitrogen and oxygen atoms in total. The van der Waals surface area contributed by atoms with Gasteiger partial charge in [0.1, 0.15) is 23.2 Å². The molecule has 5 heterocycles. The molecule has 1 saturated carbocycles. The number of carbonyl (C=O) groups is 3. The molecule has 55 heavy (non-hydrogen) atoms. The maximum atomic E-state index is 14.4. The Kier molecular flexibility index (Phi) is 11.4. The SMILES string of the molecule is CCn1c(-c2cccnc2[C@H](C)OC)c2c3cc(ccc31)-c1csc(n1)[C@@H](OCCO)[C@H](NC(=O)[C@H]1C[C@@H]1C)C(=O)N1CCC[C@H](N1)C(=O)OCC(C)(C)C2. The molecule has 7 rings (SSSR count). The zero-order valence-electron chi connectivity index (χ0n) is 32.5. The average molecular weight is 773 g/mol. The van der Waals surface area contributed by atoms with Gasteiger partial charge >= 0.3 is 5.97 Å². The Morgan fingerprint density at radius 3 is 2.78 bits per heavy atom. The van der Waals surface area contributed by atoms with E-state index in [-0.39, 0.29) is 43.7 Å². The molecule has 3 N–H and O–H groups in total. The van der Waals surface area contributed by atoms with Crippen LogP contribution in [-0.2, 0) is 41.6 Å². The van der Waals surface area contributed by atoms with Gasteiger partial charge in [-0.15, -0.1) is 11.3 Å². The number of aliphatic hydroxyl groups is 1. The lowest BCUT2D eigenvalue weighted by Crippen LogP contribution is -2.61. The number of esters is 1. The van der Waals surface area contributed by atoms with Crippen molar-refractivity contribution in [3.8, 4) is 22.5 Å². The smallest absolute Gasteiger partial charge is 0.324 e. The second kappa shape index (κ2) is 16.1. The second-order valence-electron chi connectivity index (χ2n) is 15.8. The number of hydrogen-bond acceptors (Lipinski definition) is 11. The number of hydrazine groups is 1. The van der Waals surface area contributed by atoms with Gasteiger partial charge in [-0.2, -0.15) is 0 Å². The summed E-state index contributed by atoms with van der Waals surface area (Å²) in [5, 5.41) is 17.7. The number of rotatable bonds is 9. The van der Waals surface area contributed by atoms with Crippen LogP contribution in [0.5, 0.6) is 0 Å². The molecule has 1 aromatic carbocycles. The van der Waals surface area contributed by atoms with Crippen molar-refractivity contribution in [3.05, 3.63) is 58.2 Å². The molecule has 1 aliphatic carbocycles. The summed E-state index contributed by atoms with van der Waals surface area (Å²) in [6.45, 7) is 11.1. The van der Waals surface area contributed by atoms with E-state index in [1.165, 1.54) is 16.3 Å². The Bertz CT molecular complexity index is 2060. The topological polar surface area (TPSA) is 157 Å². The van der Waals surface area contributed by atoms with Gasteiger partial charge in [0.25, 0.3) is 5.91 Å².